The molecule has 1 aromatic rings. The van der Waals surface area contributed by atoms with Gasteiger partial charge in [0.1, 0.15) is 0 Å². The molecule has 8 heteroatoms. The van der Waals surface area contributed by atoms with Gasteiger partial charge < -0.3 is 16.0 Å². The van der Waals surface area contributed by atoms with Gasteiger partial charge in [0.15, 0.2) is 5.96 Å². The van der Waals surface area contributed by atoms with Crippen LogP contribution in [0, 0.1) is 5.92 Å². The molecule has 2 fully saturated rings. The molecule has 2 aliphatic carbocycles. The molecule has 0 unspecified atom stereocenters. The zero-order valence-electron chi connectivity index (χ0n) is 16.7. The first kappa shape index (κ1) is 21.1. The minimum absolute atomic E-state index is 0.0970. The van der Waals surface area contributed by atoms with Gasteiger partial charge in [0.05, 0.1) is 10.9 Å². The molecule has 0 spiro atoms. The Kier molecular flexibility index (Phi) is 6.95. The zero-order chi connectivity index (χ0) is 20.1. The topological polar surface area (TPSA) is 114 Å². The number of aliphatic imine (C=N–C) groups is 1. The number of sulfonamides is 1. The molecule has 7 nitrogen and oxygen atoms in total. The van der Waals surface area contributed by atoms with E-state index in [-0.39, 0.29) is 17.0 Å². The maximum atomic E-state index is 11.5. The van der Waals surface area contributed by atoms with E-state index in [9.17, 15) is 8.42 Å². The summed E-state index contributed by atoms with van der Waals surface area (Å²) in [6.07, 6.45) is 7.95. The van der Waals surface area contributed by atoms with Gasteiger partial charge in [0.2, 0.25) is 10.0 Å². The predicted octanol–water partition coefficient (Wildman–Crippen LogP) is 2.49. The highest BCUT2D eigenvalue weighted by atomic mass is 32.2. The molecule has 2 saturated carbocycles. The van der Waals surface area contributed by atoms with Gasteiger partial charge in [0, 0.05) is 24.8 Å². The van der Waals surface area contributed by atoms with Crippen molar-refractivity contribution in [3.8, 4) is 0 Å². The number of rotatable bonds is 7. The Bertz CT molecular complexity index is 774. The van der Waals surface area contributed by atoms with Crippen molar-refractivity contribution in [2.45, 2.75) is 68.8 Å². The van der Waals surface area contributed by atoms with Crippen LogP contribution in [0.25, 0.3) is 0 Å². The lowest BCUT2D eigenvalue weighted by molar-refractivity contribution is 0.366. The lowest BCUT2D eigenvalue weighted by Crippen LogP contribution is -2.43. The maximum absolute atomic E-state index is 11.5. The number of hydrogen-bond acceptors (Lipinski definition) is 4. The second-order valence-corrected chi connectivity index (χ2v) is 9.61. The van der Waals surface area contributed by atoms with E-state index in [0.717, 1.165) is 56.3 Å². The molecule has 28 heavy (non-hydrogen) atoms. The first-order chi connectivity index (χ1) is 13.4. The van der Waals surface area contributed by atoms with E-state index in [1.807, 2.05) is 0 Å². The van der Waals surface area contributed by atoms with E-state index in [2.05, 4.69) is 17.1 Å². The number of benzene rings is 1. The summed E-state index contributed by atoms with van der Waals surface area (Å²) in [4.78, 5) is 7.48. The number of guanidine groups is 1. The fourth-order valence-corrected chi connectivity index (χ4v) is 4.19. The van der Waals surface area contributed by atoms with E-state index in [1.165, 1.54) is 31.4 Å². The number of anilines is 1. The third-order valence-electron chi connectivity index (χ3n) is 5.48. The Morgan fingerprint density at radius 1 is 1.18 bits per heavy atom. The van der Waals surface area contributed by atoms with Crippen LogP contribution in [0.1, 0.15) is 51.9 Å². The van der Waals surface area contributed by atoms with Gasteiger partial charge in [-0.05, 0) is 62.3 Å². The number of nitrogens with zero attached hydrogens (tertiary/aromatic N) is 2. The van der Waals surface area contributed by atoms with E-state index in [1.54, 1.807) is 12.1 Å². The third kappa shape index (κ3) is 5.93. The van der Waals surface area contributed by atoms with E-state index >= 15 is 0 Å². The molecule has 3 rings (SSSR count). The van der Waals surface area contributed by atoms with Gasteiger partial charge in [-0.2, -0.15) is 0 Å². The van der Waals surface area contributed by atoms with Gasteiger partial charge in [-0.3, -0.25) is 0 Å². The highest BCUT2D eigenvalue weighted by molar-refractivity contribution is 7.89. The fraction of sp³-hybridized carbons (Fsp3) is 0.650. The van der Waals surface area contributed by atoms with E-state index in [4.69, 9.17) is 15.9 Å². The van der Waals surface area contributed by atoms with Crippen LogP contribution in [0.15, 0.2) is 34.2 Å². The molecular weight excluding hydrogens is 374 g/mol. The summed E-state index contributed by atoms with van der Waals surface area (Å²) in [5.41, 5.74) is 7.14. The lowest BCUT2D eigenvalue weighted by atomic mass is 9.91. The van der Waals surface area contributed by atoms with E-state index < -0.39 is 10.0 Å². The van der Waals surface area contributed by atoms with Crippen molar-refractivity contribution < 1.29 is 8.42 Å². The maximum Gasteiger partial charge on any atom is 0.238 e. The minimum atomic E-state index is -3.70. The predicted molar refractivity (Wildman–Crippen MR) is 114 cm³/mol. The van der Waals surface area contributed by atoms with Crippen molar-refractivity contribution >= 4 is 21.7 Å². The molecule has 0 saturated heterocycles. The van der Waals surface area contributed by atoms with Crippen LogP contribution in [-0.2, 0) is 10.0 Å². The van der Waals surface area contributed by atoms with Crippen LogP contribution < -0.4 is 16.2 Å². The van der Waals surface area contributed by atoms with Crippen LogP contribution in [0.4, 0.5) is 5.69 Å². The minimum Gasteiger partial charge on any atom is -0.342 e. The molecule has 2 aliphatic rings. The summed E-state index contributed by atoms with van der Waals surface area (Å²) in [6.45, 7) is 4.10. The fourth-order valence-electron chi connectivity index (χ4n) is 3.67. The first-order valence-corrected chi connectivity index (χ1v) is 11.9. The average Bonchev–Trinajstić information content (AvgIpc) is 3.46. The summed E-state index contributed by atoms with van der Waals surface area (Å²) in [7, 11) is -3.70. The summed E-state index contributed by atoms with van der Waals surface area (Å²) in [5.74, 6) is 1.59. The van der Waals surface area contributed by atoms with E-state index in [0.29, 0.717) is 0 Å². The number of nitrogens with two attached hydrogens (primary N) is 2. The molecule has 0 heterocycles. The molecule has 0 radical (unpaired) electrons. The standard InChI is InChI=1S/C20H33N5O2S/c1-2-13-25(14-15-7-8-15)20(24-19-6-4-3-5-18(19)21)23-16-9-11-17(12-10-16)28(22,26)27/h9-12,15,18-19H,2-8,13-14,21H2,1H3,(H,23,24)(H2,22,26,27)/t18-,19-/m0/s1. The lowest BCUT2D eigenvalue weighted by Gasteiger charge is -2.31. The Morgan fingerprint density at radius 2 is 1.86 bits per heavy atom. The second-order valence-electron chi connectivity index (χ2n) is 8.05. The highest BCUT2D eigenvalue weighted by Crippen LogP contribution is 2.30. The number of hydrogen-bond donors (Lipinski definition) is 3. The highest BCUT2D eigenvalue weighted by Gasteiger charge is 2.28. The summed E-state index contributed by atoms with van der Waals surface area (Å²) < 4.78 is 23.0. The summed E-state index contributed by atoms with van der Waals surface area (Å²) >= 11 is 0. The average molecular weight is 408 g/mol. The van der Waals surface area contributed by atoms with Crippen molar-refractivity contribution in [1.29, 1.82) is 0 Å². The van der Waals surface area contributed by atoms with Crippen LogP contribution in [0.3, 0.4) is 0 Å². The van der Waals surface area contributed by atoms with Gasteiger partial charge >= 0.3 is 0 Å². The molecule has 156 valence electrons. The van der Waals surface area contributed by atoms with Crippen LogP contribution in [0.5, 0.6) is 0 Å². The molecule has 0 aliphatic heterocycles. The Balaban J connectivity index is 1.83. The Hall–Kier alpha value is -1.64. The quantitative estimate of drug-likeness (QED) is 0.475. The largest absolute Gasteiger partial charge is 0.342 e. The van der Waals surface area contributed by atoms with Crippen molar-refractivity contribution in [1.82, 2.24) is 4.90 Å². The molecule has 5 N–H and O–H groups in total. The monoisotopic (exact) mass is 407 g/mol. The SMILES string of the molecule is CCCN(CC1CC1)C(=N[C@H]1CCCC[C@@H]1N)Nc1ccc(S(N)(=O)=O)cc1. The first-order valence-electron chi connectivity index (χ1n) is 10.3. The van der Waals surface area contributed by atoms with Gasteiger partial charge in [-0.25, -0.2) is 18.5 Å². The normalized spacial score (nSPS) is 23.5. The number of nitrogens with one attached hydrogen (secondary N) is 1. The van der Waals surface area contributed by atoms with Crippen LogP contribution in [-0.4, -0.2) is 44.5 Å². The summed E-state index contributed by atoms with van der Waals surface area (Å²) in [6, 6.07) is 6.73. The Labute approximate surface area is 168 Å². The molecule has 2 atom stereocenters. The second kappa shape index (κ2) is 9.24. The third-order valence-corrected chi connectivity index (χ3v) is 6.41. The summed E-state index contributed by atoms with van der Waals surface area (Å²) in [5, 5.41) is 8.63. The van der Waals surface area contributed by atoms with Crippen molar-refractivity contribution in [3.05, 3.63) is 24.3 Å². The molecule has 0 bridgehead atoms. The molecule has 0 aromatic heterocycles. The molecular formula is C20H33N5O2S. The van der Waals surface area contributed by atoms with Gasteiger partial charge in [-0.1, -0.05) is 19.8 Å². The molecule has 1 aromatic carbocycles. The molecule has 0 amide bonds. The smallest absolute Gasteiger partial charge is 0.238 e. The van der Waals surface area contributed by atoms with Crippen LogP contribution in [0.2, 0.25) is 0 Å². The van der Waals surface area contributed by atoms with Crippen molar-refractivity contribution in [2.75, 3.05) is 18.4 Å². The van der Waals surface area contributed by atoms with Crippen molar-refractivity contribution in [2.24, 2.45) is 21.8 Å². The zero-order valence-corrected chi connectivity index (χ0v) is 17.5. The van der Waals surface area contributed by atoms with Gasteiger partial charge in [-0.15, -0.1) is 0 Å². The van der Waals surface area contributed by atoms with Gasteiger partial charge in [0.25, 0.3) is 0 Å². The Morgan fingerprint density at radius 3 is 2.43 bits per heavy atom. The number of primary sulfonamides is 1. The van der Waals surface area contributed by atoms with Crippen molar-refractivity contribution in [3.63, 3.8) is 0 Å². The van der Waals surface area contributed by atoms with Crippen LogP contribution >= 0.6 is 0 Å².